The van der Waals surface area contributed by atoms with E-state index < -0.39 is 17.9 Å². The zero-order valence-corrected chi connectivity index (χ0v) is 18.3. The van der Waals surface area contributed by atoms with Crippen LogP contribution in [0.4, 0.5) is 0 Å². The first-order chi connectivity index (χ1) is 15.9. The lowest BCUT2D eigenvalue weighted by Crippen LogP contribution is -2.23. The molecule has 0 radical (unpaired) electrons. The average molecular weight is 447 g/mol. The SMILES string of the molecule is Cc1ccc2nc(-c3ccc4cc(OCCCCCC(C(=O)O)C(=O)O)ccc4c3)oc2c1. The molecule has 7 heteroatoms. The molecule has 170 valence electrons. The first-order valence-corrected chi connectivity index (χ1v) is 10.9. The first-order valence-electron chi connectivity index (χ1n) is 10.9. The van der Waals surface area contributed by atoms with Crippen LogP contribution in [0.25, 0.3) is 33.3 Å². The number of carboxylic acid groups (broad SMARTS) is 2. The maximum atomic E-state index is 10.9. The molecule has 0 unspecified atom stereocenters. The average Bonchev–Trinajstić information content (AvgIpc) is 3.20. The third-order valence-electron chi connectivity index (χ3n) is 5.60. The maximum absolute atomic E-state index is 10.9. The Balaban J connectivity index is 1.34. The Morgan fingerprint density at radius 1 is 0.939 bits per heavy atom. The van der Waals surface area contributed by atoms with Gasteiger partial charge in [0.2, 0.25) is 5.89 Å². The predicted molar refractivity (Wildman–Crippen MR) is 124 cm³/mol. The van der Waals surface area contributed by atoms with Crippen LogP contribution < -0.4 is 4.74 Å². The fraction of sp³-hybridized carbons (Fsp3) is 0.269. The third kappa shape index (κ3) is 5.31. The van der Waals surface area contributed by atoms with Crippen molar-refractivity contribution in [1.29, 1.82) is 0 Å². The van der Waals surface area contributed by atoms with Gasteiger partial charge in [0.05, 0.1) is 6.61 Å². The smallest absolute Gasteiger partial charge is 0.317 e. The van der Waals surface area contributed by atoms with Gasteiger partial charge >= 0.3 is 11.9 Å². The molecular formula is C26H25NO6. The number of benzene rings is 3. The molecule has 7 nitrogen and oxygen atoms in total. The van der Waals surface area contributed by atoms with Crippen molar-refractivity contribution in [1.82, 2.24) is 4.98 Å². The van der Waals surface area contributed by atoms with Crippen LogP contribution in [-0.4, -0.2) is 33.7 Å². The molecule has 2 N–H and O–H groups in total. The summed E-state index contributed by atoms with van der Waals surface area (Å²) < 4.78 is 11.8. The van der Waals surface area contributed by atoms with Crippen LogP contribution in [0.1, 0.15) is 31.2 Å². The molecule has 0 aliphatic carbocycles. The number of rotatable bonds is 10. The fourth-order valence-corrected chi connectivity index (χ4v) is 3.77. The molecule has 0 fully saturated rings. The minimum atomic E-state index is -1.34. The summed E-state index contributed by atoms with van der Waals surface area (Å²) in [6.45, 7) is 2.50. The van der Waals surface area contributed by atoms with Gasteiger partial charge in [0.25, 0.3) is 0 Å². The summed E-state index contributed by atoms with van der Waals surface area (Å²) in [5.41, 5.74) is 3.64. The van der Waals surface area contributed by atoms with Crippen LogP contribution in [0.3, 0.4) is 0 Å². The van der Waals surface area contributed by atoms with Crippen molar-refractivity contribution in [2.24, 2.45) is 5.92 Å². The second kappa shape index (κ2) is 9.73. The van der Waals surface area contributed by atoms with Crippen molar-refractivity contribution in [3.8, 4) is 17.2 Å². The van der Waals surface area contributed by atoms with Gasteiger partial charge in [-0.25, -0.2) is 4.98 Å². The Morgan fingerprint density at radius 3 is 2.48 bits per heavy atom. The zero-order valence-electron chi connectivity index (χ0n) is 18.3. The molecule has 1 heterocycles. The summed E-state index contributed by atoms with van der Waals surface area (Å²) in [5, 5.41) is 19.9. The quantitative estimate of drug-likeness (QED) is 0.238. The van der Waals surface area contributed by atoms with E-state index in [4.69, 9.17) is 19.4 Å². The number of nitrogens with zero attached hydrogens (tertiary/aromatic N) is 1. The van der Waals surface area contributed by atoms with E-state index >= 15 is 0 Å². The van der Waals surface area contributed by atoms with Crippen molar-refractivity contribution in [2.45, 2.75) is 32.6 Å². The van der Waals surface area contributed by atoms with E-state index in [1.165, 1.54) is 0 Å². The minimum Gasteiger partial charge on any atom is -0.494 e. The Labute approximate surface area is 190 Å². The molecular weight excluding hydrogens is 422 g/mol. The summed E-state index contributed by atoms with van der Waals surface area (Å²) in [6, 6.07) is 17.8. The maximum Gasteiger partial charge on any atom is 0.317 e. The predicted octanol–water partition coefficient (Wildman–Crippen LogP) is 5.68. The molecule has 0 saturated heterocycles. The van der Waals surface area contributed by atoms with E-state index in [9.17, 15) is 9.59 Å². The van der Waals surface area contributed by atoms with Gasteiger partial charge in [-0.2, -0.15) is 0 Å². The summed E-state index contributed by atoms with van der Waals surface area (Å²) in [5.74, 6) is -2.57. The van der Waals surface area contributed by atoms with Crippen molar-refractivity contribution < 1.29 is 29.0 Å². The number of carboxylic acids is 2. The van der Waals surface area contributed by atoms with Gasteiger partial charge in [0.15, 0.2) is 11.5 Å². The van der Waals surface area contributed by atoms with Gasteiger partial charge in [-0.3, -0.25) is 9.59 Å². The number of carbonyl (C=O) groups is 2. The number of hydrogen-bond acceptors (Lipinski definition) is 5. The van der Waals surface area contributed by atoms with Gasteiger partial charge in [-0.15, -0.1) is 0 Å². The second-order valence-corrected chi connectivity index (χ2v) is 8.14. The molecule has 0 spiro atoms. The van der Waals surface area contributed by atoms with Gasteiger partial charge in [-0.05, 0) is 72.5 Å². The van der Waals surface area contributed by atoms with Gasteiger partial charge in [-0.1, -0.05) is 31.0 Å². The third-order valence-corrected chi connectivity index (χ3v) is 5.60. The summed E-state index contributed by atoms with van der Waals surface area (Å²) >= 11 is 0. The van der Waals surface area contributed by atoms with E-state index in [1.807, 2.05) is 61.5 Å². The Hall–Kier alpha value is -3.87. The Kier molecular flexibility index (Phi) is 6.58. The number of aryl methyl sites for hydroxylation is 1. The standard InChI is InChI=1S/C26H25NO6/c1-16-6-11-22-23(13-16)33-24(27-22)19-8-7-18-15-20(10-9-17(18)14-19)32-12-4-2-3-5-21(25(28)29)26(30)31/h6-11,13-15,21H,2-5,12H2,1H3,(H,28,29)(H,30,31). The van der Waals surface area contributed by atoms with E-state index in [0.717, 1.165) is 45.2 Å². The Bertz CT molecular complexity index is 1290. The number of aliphatic carboxylic acids is 2. The summed E-state index contributed by atoms with van der Waals surface area (Å²) in [7, 11) is 0. The molecule has 1 aromatic heterocycles. The van der Waals surface area contributed by atoms with Gasteiger partial charge in [0.1, 0.15) is 11.3 Å². The Morgan fingerprint density at radius 2 is 1.70 bits per heavy atom. The monoisotopic (exact) mass is 447 g/mol. The van der Waals surface area contributed by atoms with Crippen LogP contribution in [0.5, 0.6) is 5.75 Å². The molecule has 0 aliphatic rings. The molecule has 0 atom stereocenters. The lowest BCUT2D eigenvalue weighted by molar-refractivity contribution is -0.154. The molecule has 0 aliphatic heterocycles. The first kappa shape index (κ1) is 22.3. The van der Waals surface area contributed by atoms with E-state index in [-0.39, 0.29) is 6.42 Å². The topological polar surface area (TPSA) is 110 Å². The molecule has 0 bridgehead atoms. The van der Waals surface area contributed by atoms with Gasteiger partial charge < -0.3 is 19.4 Å². The minimum absolute atomic E-state index is 0.128. The van der Waals surface area contributed by atoms with Crippen LogP contribution in [0.15, 0.2) is 59.0 Å². The van der Waals surface area contributed by atoms with Crippen molar-refractivity contribution >= 4 is 33.8 Å². The number of ether oxygens (including phenoxy) is 1. The van der Waals surface area contributed by atoms with E-state index in [0.29, 0.717) is 25.3 Å². The molecule has 33 heavy (non-hydrogen) atoms. The van der Waals surface area contributed by atoms with Crippen LogP contribution in [-0.2, 0) is 9.59 Å². The van der Waals surface area contributed by atoms with E-state index in [2.05, 4.69) is 4.98 Å². The van der Waals surface area contributed by atoms with E-state index in [1.54, 1.807) is 0 Å². The van der Waals surface area contributed by atoms with Crippen molar-refractivity contribution in [3.63, 3.8) is 0 Å². The van der Waals surface area contributed by atoms with Crippen molar-refractivity contribution in [2.75, 3.05) is 6.61 Å². The highest BCUT2D eigenvalue weighted by Crippen LogP contribution is 2.29. The summed E-state index contributed by atoms with van der Waals surface area (Å²) in [6.07, 6.45) is 2.09. The molecule has 0 saturated carbocycles. The molecule has 4 rings (SSSR count). The highest BCUT2D eigenvalue weighted by Gasteiger charge is 2.24. The van der Waals surface area contributed by atoms with Crippen LogP contribution in [0.2, 0.25) is 0 Å². The number of oxazole rings is 1. The highest BCUT2D eigenvalue weighted by molar-refractivity contribution is 5.92. The highest BCUT2D eigenvalue weighted by atomic mass is 16.5. The number of aromatic nitrogens is 1. The molecule has 3 aromatic carbocycles. The number of unbranched alkanes of at least 4 members (excludes halogenated alkanes) is 2. The number of hydrogen-bond donors (Lipinski definition) is 2. The lowest BCUT2D eigenvalue weighted by atomic mass is 10.0. The van der Waals surface area contributed by atoms with Gasteiger partial charge in [0, 0.05) is 5.56 Å². The summed E-state index contributed by atoms with van der Waals surface area (Å²) in [4.78, 5) is 26.4. The lowest BCUT2D eigenvalue weighted by Gasteiger charge is -2.09. The second-order valence-electron chi connectivity index (χ2n) is 8.14. The fourth-order valence-electron chi connectivity index (χ4n) is 3.77. The molecule has 0 amide bonds. The molecule has 4 aromatic rings. The normalized spacial score (nSPS) is 11.3. The number of fused-ring (bicyclic) bond motifs is 2. The van der Waals surface area contributed by atoms with Crippen LogP contribution >= 0.6 is 0 Å². The van der Waals surface area contributed by atoms with Crippen molar-refractivity contribution in [3.05, 3.63) is 60.2 Å². The zero-order chi connectivity index (χ0) is 23.4. The largest absolute Gasteiger partial charge is 0.494 e. The van der Waals surface area contributed by atoms with Crippen LogP contribution in [0, 0.1) is 12.8 Å².